The van der Waals surface area contributed by atoms with Crippen molar-refractivity contribution < 1.29 is 14.3 Å². The van der Waals surface area contributed by atoms with Gasteiger partial charge < -0.3 is 15.4 Å². The highest BCUT2D eigenvalue weighted by molar-refractivity contribution is 5.85. The van der Waals surface area contributed by atoms with Gasteiger partial charge in [-0.2, -0.15) is 0 Å². The van der Waals surface area contributed by atoms with Crippen molar-refractivity contribution in [2.45, 2.75) is 20.8 Å². The third-order valence-corrected chi connectivity index (χ3v) is 2.52. The predicted molar refractivity (Wildman–Crippen MR) is 73.1 cm³/mol. The Morgan fingerprint density at radius 3 is 2.58 bits per heavy atom. The van der Waals surface area contributed by atoms with E-state index in [1.165, 1.54) is 0 Å². The lowest BCUT2D eigenvalue weighted by Crippen LogP contribution is -2.38. The van der Waals surface area contributed by atoms with E-state index in [-0.39, 0.29) is 25.0 Å². The van der Waals surface area contributed by atoms with Crippen molar-refractivity contribution in [3.63, 3.8) is 0 Å². The van der Waals surface area contributed by atoms with Gasteiger partial charge in [-0.3, -0.25) is 9.59 Å². The number of carbonyl (C=O) groups is 2. The quantitative estimate of drug-likeness (QED) is 0.803. The number of likely N-dealkylation sites (N-methyl/N-ethyl adjacent to an activating group) is 1. The van der Waals surface area contributed by atoms with Gasteiger partial charge in [-0.05, 0) is 38.0 Å². The molecule has 1 aromatic rings. The molecule has 0 aliphatic carbocycles. The molecule has 0 spiro atoms. The number of ether oxygens (including phenoxy) is 1. The van der Waals surface area contributed by atoms with Crippen molar-refractivity contribution in [3.05, 3.63) is 29.3 Å². The largest absolute Gasteiger partial charge is 0.483 e. The molecular formula is C14H20N2O3. The molecule has 0 atom stereocenters. The second-order valence-electron chi connectivity index (χ2n) is 4.29. The fraction of sp³-hybridized carbons (Fsp3) is 0.429. The van der Waals surface area contributed by atoms with Crippen molar-refractivity contribution in [1.29, 1.82) is 0 Å². The van der Waals surface area contributed by atoms with Gasteiger partial charge in [-0.25, -0.2) is 0 Å². The Labute approximate surface area is 113 Å². The fourth-order valence-electron chi connectivity index (χ4n) is 1.50. The predicted octanol–water partition coefficient (Wildman–Crippen LogP) is 0.935. The van der Waals surface area contributed by atoms with Crippen LogP contribution in [0.25, 0.3) is 0 Å². The van der Waals surface area contributed by atoms with Gasteiger partial charge in [0.1, 0.15) is 5.75 Å². The summed E-state index contributed by atoms with van der Waals surface area (Å²) in [6, 6.07) is 5.81. The topological polar surface area (TPSA) is 67.4 Å². The molecule has 1 rings (SSSR count). The van der Waals surface area contributed by atoms with Gasteiger partial charge in [0.2, 0.25) is 5.91 Å². The number of rotatable bonds is 6. The molecule has 0 bridgehead atoms. The van der Waals surface area contributed by atoms with Gasteiger partial charge in [-0.15, -0.1) is 0 Å². The van der Waals surface area contributed by atoms with Crippen LogP contribution in [0.3, 0.4) is 0 Å². The van der Waals surface area contributed by atoms with Gasteiger partial charge >= 0.3 is 0 Å². The average Bonchev–Trinajstić information content (AvgIpc) is 2.38. The zero-order valence-electron chi connectivity index (χ0n) is 11.6. The van der Waals surface area contributed by atoms with Crippen molar-refractivity contribution in [3.8, 4) is 5.75 Å². The molecule has 1 aromatic carbocycles. The molecule has 0 aliphatic rings. The van der Waals surface area contributed by atoms with E-state index < -0.39 is 0 Å². The number of hydrogen-bond donors (Lipinski definition) is 2. The summed E-state index contributed by atoms with van der Waals surface area (Å²) in [7, 11) is 0. The zero-order valence-corrected chi connectivity index (χ0v) is 11.6. The monoisotopic (exact) mass is 264 g/mol. The van der Waals surface area contributed by atoms with Crippen molar-refractivity contribution in [1.82, 2.24) is 10.6 Å². The third-order valence-electron chi connectivity index (χ3n) is 2.52. The molecule has 0 unspecified atom stereocenters. The first-order valence-corrected chi connectivity index (χ1v) is 6.26. The molecule has 0 aromatic heterocycles. The van der Waals surface area contributed by atoms with Gasteiger partial charge in [0, 0.05) is 6.54 Å². The summed E-state index contributed by atoms with van der Waals surface area (Å²) in [5, 5.41) is 5.09. The Kier molecular flexibility index (Phi) is 5.85. The van der Waals surface area contributed by atoms with E-state index in [4.69, 9.17) is 4.74 Å². The van der Waals surface area contributed by atoms with E-state index >= 15 is 0 Å². The summed E-state index contributed by atoms with van der Waals surface area (Å²) in [6.45, 7) is 6.13. The molecule has 0 heterocycles. The van der Waals surface area contributed by atoms with Gasteiger partial charge in [0.05, 0.1) is 6.54 Å². The minimum Gasteiger partial charge on any atom is -0.483 e. The highest BCUT2D eigenvalue weighted by Gasteiger charge is 2.07. The summed E-state index contributed by atoms with van der Waals surface area (Å²) < 4.78 is 5.43. The minimum absolute atomic E-state index is 0.0250. The highest BCUT2D eigenvalue weighted by atomic mass is 16.5. The lowest BCUT2D eigenvalue weighted by atomic mass is 10.1. The van der Waals surface area contributed by atoms with Crippen molar-refractivity contribution in [2.24, 2.45) is 0 Å². The van der Waals surface area contributed by atoms with Crippen LogP contribution in [-0.2, 0) is 9.59 Å². The second-order valence-corrected chi connectivity index (χ2v) is 4.29. The Morgan fingerprint density at radius 1 is 1.16 bits per heavy atom. The van der Waals surface area contributed by atoms with Crippen LogP contribution < -0.4 is 15.4 Å². The first-order chi connectivity index (χ1) is 9.02. The van der Waals surface area contributed by atoms with Gasteiger partial charge in [0.25, 0.3) is 5.91 Å². The number of nitrogens with one attached hydrogen (secondary N) is 2. The second kappa shape index (κ2) is 7.41. The third kappa shape index (κ3) is 5.42. The molecule has 19 heavy (non-hydrogen) atoms. The average molecular weight is 264 g/mol. The molecule has 5 heteroatoms. The smallest absolute Gasteiger partial charge is 0.258 e. The number of amides is 2. The Morgan fingerprint density at radius 2 is 1.89 bits per heavy atom. The molecule has 5 nitrogen and oxygen atoms in total. The fourth-order valence-corrected chi connectivity index (χ4v) is 1.50. The van der Waals surface area contributed by atoms with E-state index in [1.807, 2.05) is 39.0 Å². The van der Waals surface area contributed by atoms with E-state index in [1.54, 1.807) is 0 Å². The lowest BCUT2D eigenvalue weighted by Gasteiger charge is -2.10. The number of benzene rings is 1. The Hall–Kier alpha value is -2.04. The van der Waals surface area contributed by atoms with E-state index in [0.29, 0.717) is 12.3 Å². The Balaban J connectivity index is 2.38. The van der Waals surface area contributed by atoms with Crippen LogP contribution in [-0.4, -0.2) is 31.5 Å². The molecule has 0 radical (unpaired) electrons. The maximum atomic E-state index is 11.5. The van der Waals surface area contributed by atoms with Crippen LogP contribution in [0.15, 0.2) is 18.2 Å². The summed E-state index contributed by atoms with van der Waals surface area (Å²) >= 11 is 0. The van der Waals surface area contributed by atoms with Gasteiger partial charge in [0.15, 0.2) is 6.61 Å². The van der Waals surface area contributed by atoms with Crippen LogP contribution in [0, 0.1) is 13.8 Å². The summed E-state index contributed by atoms with van der Waals surface area (Å²) in [6.07, 6.45) is 0. The lowest BCUT2D eigenvalue weighted by molar-refractivity contribution is -0.127. The summed E-state index contributed by atoms with van der Waals surface area (Å²) in [5.74, 6) is 0.169. The normalized spacial score (nSPS) is 9.84. The molecule has 0 fully saturated rings. The SMILES string of the molecule is CCNC(=O)CNC(=O)COc1cc(C)ccc1C. The highest BCUT2D eigenvalue weighted by Crippen LogP contribution is 2.18. The standard InChI is InChI=1S/C14H20N2O3/c1-4-15-13(17)8-16-14(18)9-19-12-7-10(2)5-6-11(12)3/h5-7H,4,8-9H2,1-3H3,(H,15,17)(H,16,18). The van der Waals surface area contributed by atoms with E-state index in [9.17, 15) is 9.59 Å². The van der Waals surface area contributed by atoms with Crippen LogP contribution in [0.4, 0.5) is 0 Å². The van der Waals surface area contributed by atoms with Crippen LogP contribution in [0.2, 0.25) is 0 Å². The van der Waals surface area contributed by atoms with E-state index in [2.05, 4.69) is 10.6 Å². The molecule has 0 saturated heterocycles. The van der Waals surface area contributed by atoms with Crippen molar-refractivity contribution in [2.75, 3.05) is 19.7 Å². The maximum Gasteiger partial charge on any atom is 0.258 e. The number of hydrogen-bond acceptors (Lipinski definition) is 3. The first kappa shape index (κ1) is 15.0. The number of carbonyl (C=O) groups excluding carboxylic acids is 2. The minimum atomic E-state index is -0.313. The number of aryl methyl sites for hydroxylation is 2. The molecule has 0 saturated carbocycles. The molecule has 0 aliphatic heterocycles. The van der Waals surface area contributed by atoms with Crippen LogP contribution in [0.5, 0.6) is 5.75 Å². The summed E-state index contributed by atoms with van der Waals surface area (Å²) in [5.41, 5.74) is 2.05. The van der Waals surface area contributed by atoms with Gasteiger partial charge in [-0.1, -0.05) is 12.1 Å². The Bertz CT molecular complexity index is 458. The summed E-state index contributed by atoms with van der Waals surface area (Å²) in [4.78, 5) is 22.7. The first-order valence-electron chi connectivity index (χ1n) is 6.26. The molecule has 104 valence electrons. The zero-order chi connectivity index (χ0) is 14.3. The molecule has 2 amide bonds. The maximum absolute atomic E-state index is 11.5. The van der Waals surface area contributed by atoms with Crippen molar-refractivity contribution >= 4 is 11.8 Å². The van der Waals surface area contributed by atoms with Crippen LogP contribution >= 0.6 is 0 Å². The molecular weight excluding hydrogens is 244 g/mol. The van der Waals surface area contributed by atoms with E-state index in [0.717, 1.165) is 11.1 Å². The van der Waals surface area contributed by atoms with Crippen LogP contribution in [0.1, 0.15) is 18.1 Å². The molecule has 2 N–H and O–H groups in total.